The van der Waals surface area contributed by atoms with E-state index in [0.717, 1.165) is 0 Å². The summed E-state index contributed by atoms with van der Waals surface area (Å²) in [5.74, 6) is -1.41. The molecule has 0 saturated heterocycles. The zero-order valence-electron chi connectivity index (χ0n) is 11.3. The van der Waals surface area contributed by atoms with Crippen molar-refractivity contribution in [2.45, 2.75) is 19.9 Å². The van der Waals surface area contributed by atoms with E-state index in [2.05, 4.69) is 15.3 Å². The number of carboxylic acids is 1. The predicted molar refractivity (Wildman–Crippen MR) is 78.9 cm³/mol. The molecule has 0 bridgehead atoms. The normalized spacial score (nSPS) is 12.0. The standard InChI is InChI=1S/C13H12ClN3O3S/c1-6-3-8(4-10(14)15-6)11(18)16-7(2)12-17-9(5-21-12)13(19)20/h3-5,7H,1-2H3,(H,16,18)(H,19,20). The van der Waals surface area contributed by atoms with Gasteiger partial charge in [0.2, 0.25) is 0 Å². The summed E-state index contributed by atoms with van der Waals surface area (Å²) in [6.07, 6.45) is 0. The van der Waals surface area contributed by atoms with Gasteiger partial charge < -0.3 is 10.4 Å². The smallest absolute Gasteiger partial charge is 0.355 e. The molecule has 0 aliphatic rings. The number of amides is 1. The number of hydrogen-bond acceptors (Lipinski definition) is 5. The number of aryl methyl sites for hydroxylation is 1. The van der Waals surface area contributed by atoms with E-state index in [1.54, 1.807) is 19.9 Å². The molecule has 0 spiro atoms. The predicted octanol–water partition coefficient (Wildman–Crippen LogP) is 2.69. The van der Waals surface area contributed by atoms with Gasteiger partial charge in [-0.25, -0.2) is 14.8 Å². The van der Waals surface area contributed by atoms with Crippen LogP contribution < -0.4 is 5.32 Å². The maximum Gasteiger partial charge on any atom is 0.355 e. The molecule has 0 aliphatic heterocycles. The van der Waals surface area contributed by atoms with Crippen LogP contribution in [-0.2, 0) is 0 Å². The van der Waals surface area contributed by atoms with Gasteiger partial charge in [-0.15, -0.1) is 11.3 Å². The molecule has 2 N–H and O–H groups in total. The lowest BCUT2D eigenvalue weighted by Gasteiger charge is -2.11. The Bertz CT molecular complexity index is 681. The Hall–Kier alpha value is -1.99. The van der Waals surface area contributed by atoms with E-state index < -0.39 is 12.0 Å². The molecule has 0 fully saturated rings. The maximum absolute atomic E-state index is 12.1. The number of nitrogens with zero attached hydrogens (tertiary/aromatic N) is 2. The monoisotopic (exact) mass is 325 g/mol. The van der Waals surface area contributed by atoms with Gasteiger partial charge in [0.1, 0.15) is 10.2 Å². The first-order valence-electron chi connectivity index (χ1n) is 6.00. The Labute approximate surface area is 129 Å². The van der Waals surface area contributed by atoms with E-state index in [-0.39, 0.29) is 16.8 Å². The first kappa shape index (κ1) is 15.4. The van der Waals surface area contributed by atoms with Crippen molar-refractivity contribution < 1.29 is 14.7 Å². The number of thiazole rings is 1. The van der Waals surface area contributed by atoms with Crippen LogP contribution in [0.15, 0.2) is 17.5 Å². The molecule has 110 valence electrons. The Morgan fingerprint density at radius 3 is 2.67 bits per heavy atom. The Morgan fingerprint density at radius 2 is 2.10 bits per heavy atom. The summed E-state index contributed by atoms with van der Waals surface area (Å²) >= 11 is 7.00. The molecule has 2 aromatic rings. The number of rotatable bonds is 4. The second kappa shape index (κ2) is 6.19. The van der Waals surface area contributed by atoms with Gasteiger partial charge in [0, 0.05) is 16.6 Å². The molecule has 2 aromatic heterocycles. The summed E-state index contributed by atoms with van der Waals surface area (Å²) in [7, 11) is 0. The quantitative estimate of drug-likeness (QED) is 0.843. The molecule has 0 saturated carbocycles. The van der Waals surface area contributed by atoms with Gasteiger partial charge in [-0.1, -0.05) is 11.6 Å². The lowest BCUT2D eigenvalue weighted by molar-refractivity contribution is 0.0691. The van der Waals surface area contributed by atoms with Crippen molar-refractivity contribution in [3.8, 4) is 0 Å². The third-order valence-corrected chi connectivity index (χ3v) is 3.86. The zero-order chi connectivity index (χ0) is 15.6. The number of carbonyl (C=O) groups is 2. The van der Waals surface area contributed by atoms with Gasteiger partial charge in [-0.05, 0) is 26.0 Å². The van der Waals surface area contributed by atoms with E-state index in [1.165, 1.54) is 22.8 Å². The minimum absolute atomic E-state index is 0.0288. The Balaban J connectivity index is 2.12. The van der Waals surface area contributed by atoms with Gasteiger partial charge in [0.15, 0.2) is 5.69 Å². The van der Waals surface area contributed by atoms with Crippen molar-refractivity contribution in [2.24, 2.45) is 0 Å². The average Bonchev–Trinajstić information content (AvgIpc) is 2.87. The van der Waals surface area contributed by atoms with Crippen LogP contribution in [0.4, 0.5) is 0 Å². The number of hydrogen-bond donors (Lipinski definition) is 2. The lowest BCUT2D eigenvalue weighted by Crippen LogP contribution is -2.26. The summed E-state index contributed by atoms with van der Waals surface area (Å²) in [5, 5.41) is 13.8. The van der Waals surface area contributed by atoms with Gasteiger partial charge >= 0.3 is 5.97 Å². The number of nitrogens with one attached hydrogen (secondary N) is 1. The second-order valence-electron chi connectivity index (χ2n) is 4.39. The highest BCUT2D eigenvalue weighted by atomic mass is 35.5. The van der Waals surface area contributed by atoms with Gasteiger partial charge in [-0.3, -0.25) is 4.79 Å². The molecule has 8 heteroatoms. The molecule has 0 radical (unpaired) electrons. The van der Waals surface area contributed by atoms with E-state index in [4.69, 9.17) is 16.7 Å². The summed E-state index contributed by atoms with van der Waals surface area (Å²) < 4.78 is 0. The van der Waals surface area contributed by atoms with Crippen LogP contribution in [0.2, 0.25) is 5.15 Å². The molecule has 6 nitrogen and oxygen atoms in total. The van der Waals surface area contributed by atoms with E-state index in [1.807, 2.05) is 0 Å². The number of carbonyl (C=O) groups excluding carboxylic acids is 1. The van der Waals surface area contributed by atoms with Crippen LogP contribution in [0.25, 0.3) is 0 Å². The van der Waals surface area contributed by atoms with Crippen LogP contribution in [0.5, 0.6) is 0 Å². The number of aromatic nitrogens is 2. The average molecular weight is 326 g/mol. The molecular formula is C13H12ClN3O3S. The van der Waals surface area contributed by atoms with Crippen molar-refractivity contribution in [3.05, 3.63) is 44.6 Å². The molecular weight excluding hydrogens is 314 g/mol. The topological polar surface area (TPSA) is 92.2 Å². The Morgan fingerprint density at radius 1 is 1.38 bits per heavy atom. The van der Waals surface area contributed by atoms with Gasteiger partial charge in [0.05, 0.1) is 6.04 Å². The van der Waals surface area contributed by atoms with E-state index in [0.29, 0.717) is 16.3 Å². The number of aromatic carboxylic acids is 1. The highest BCUT2D eigenvalue weighted by Gasteiger charge is 2.17. The van der Waals surface area contributed by atoms with Crippen molar-refractivity contribution in [1.82, 2.24) is 15.3 Å². The van der Waals surface area contributed by atoms with Crippen molar-refractivity contribution in [2.75, 3.05) is 0 Å². The fourth-order valence-electron chi connectivity index (χ4n) is 1.69. The molecule has 2 rings (SSSR count). The molecule has 1 atom stereocenters. The number of pyridine rings is 1. The molecule has 2 heterocycles. The van der Waals surface area contributed by atoms with E-state index >= 15 is 0 Å². The van der Waals surface area contributed by atoms with Crippen LogP contribution in [-0.4, -0.2) is 27.0 Å². The van der Waals surface area contributed by atoms with E-state index in [9.17, 15) is 9.59 Å². The van der Waals surface area contributed by atoms with Crippen molar-refractivity contribution in [1.29, 1.82) is 0 Å². The van der Waals surface area contributed by atoms with Crippen LogP contribution in [0.1, 0.15) is 44.5 Å². The van der Waals surface area contributed by atoms with Gasteiger partial charge in [-0.2, -0.15) is 0 Å². The highest BCUT2D eigenvalue weighted by Crippen LogP contribution is 2.19. The summed E-state index contributed by atoms with van der Waals surface area (Å²) in [5.41, 5.74) is 1.01. The molecule has 21 heavy (non-hydrogen) atoms. The first-order valence-corrected chi connectivity index (χ1v) is 7.26. The zero-order valence-corrected chi connectivity index (χ0v) is 12.8. The maximum atomic E-state index is 12.1. The fraction of sp³-hybridized carbons (Fsp3) is 0.231. The Kier molecular flexibility index (Phi) is 4.54. The second-order valence-corrected chi connectivity index (χ2v) is 5.67. The molecule has 1 amide bonds. The molecule has 1 unspecified atom stereocenters. The molecule has 0 aliphatic carbocycles. The largest absolute Gasteiger partial charge is 0.476 e. The van der Waals surface area contributed by atoms with Crippen molar-refractivity contribution in [3.63, 3.8) is 0 Å². The lowest BCUT2D eigenvalue weighted by atomic mass is 10.2. The van der Waals surface area contributed by atoms with Crippen LogP contribution >= 0.6 is 22.9 Å². The van der Waals surface area contributed by atoms with Crippen LogP contribution in [0.3, 0.4) is 0 Å². The van der Waals surface area contributed by atoms with Crippen molar-refractivity contribution >= 4 is 34.8 Å². The fourth-order valence-corrected chi connectivity index (χ4v) is 2.74. The third-order valence-electron chi connectivity index (χ3n) is 2.64. The summed E-state index contributed by atoms with van der Waals surface area (Å²) in [4.78, 5) is 30.9. The minimum Gasteiger partial charge on any atom is -0.476 e. The minimum atomic E-state index is -1.09. The SMILES string of the molecule is Cc1cc(C(=O)NC(C)c2nc(C(=O)O)cs2)cc(Cl)n1. The highest BCUT2D eigenvalue weighted by molar-refractivity contribution is 7.09. The summed E-state index contributed by atoms with van der Waals surface area (Å²) in [6.45, 7) is 3.48. The number of carboxylic acid groups (broad SMARTS) is 1. The third kappa shape index (κ3) is 3.77. The molecule has 0 aromatic carbocycles. The summed E-state index contributed by atoms with van der Waals surface area (Å²) in [6, 6.07) is 2.70. The van der Waals surface area contributed by atoms with Gasteiger partial charge in [0.25, 0.3) is 5.91 Å². The first-order chi connectivity index (χ1) is 9.86. The number of halogens is 1. The van der Waals surface area contributed by atoms with Crippen LogP contribution in [0, 0.1) is 6.92 Å².